The predicted octanol–water partition coefficient (Wildman–Crippen LogP) is 2.38. The van der Waals surface area contributed by atoms with Gasteiger partial charge in [-0.05, 0) is 0 Å². The standard InChI is InChI=1S/C7H11BrO2.C7H12O2/c1-7(2)4-10-3-5(8)6(7)9;1-7(2)5-9-4-3-6(7)8/h5H,3-4H2,1-2H3;3-5H2,1-2H3. The Labute approximate surface area is 123 Å². The van der Waals surface area contributed by atoms with Gasteiger partial charge in [-0.1, -0.05) is 43.6 Å². The van der Waals surface area contributed by atoms with Crippen LogP contribution in [-0.4, -0.2) is 42.8 Å². The van der Waals surface area contributed by atoms with E-state index in [0.717, 1.165) is 0 Å². The normalized spacial score (nSPS) is 29.4. The molecule has 2 heterocycles. The Kier molecular flexibility index (Phi) is 5.71. The number of carbonyl (C=O) groups excluding carboxylic acids is 2. The monoisotopic (exact) mass is 334 g/mol. The number of carbonyl (C=O) groups is 2. The molecule has 0 spiro atoms. The van der Waals surface area contributed by atoms with E-state index in [2.05, 4.69) is 15.9 Å². The van der Waals surface area contributed by atoms with Crippen LogP contribution in [0.2, 0.25) is 0 Å². The third kappa shape index (κ3) is 4.65. The molecule has 0 aromatic rings. The quantitative estimate of drug-likeness (QED) is 0.638. The van der Waals surface area contributed by atoms with Crippen molar-refractivity contribution in [3.05, 3.63) is 0 Å². The SMILES string of the molecule is CC1(C)COCC(Br)C1=O.CC1(C)COCCC1=O. The molecule has 0 saturated carbocycles. The molecular formula is C14H23BrO4. The molecular weight excluding hydrogens is 312 g/mol. The van der Waals surface area contributed by atoms with Crippen LogP contribution >= 0.6 is 15.9 Å². The van der Waals surface area contributed by atoms with Crippen LogP contribution in [0.5, 0.6) is 0 Å². The molecule has 5 heteroatoms. The van der Waals surface area contributed by atoms with Gasteiger partial charge in [-0.2, -0.15) is 0 Å². The molecule has 19 heavy (non-hydrogen) atoms. The fourth-order valence-electron chi connectivity index (χ4n) is 1.90. The summed E-state index contributed by atoms with van der Waals surface area (Å²) >= 11 is 3.25. The first-order chi connectivity index (χ1) is 8.67. The van der Waals surface area contributed by atoms with Crippen molar-refractivity contribution >= 4 is 27.5 Å². The lowest BCUT2D eigenvalue weighted by molar-refractivity contribution is -0.137. The van der Waals surface area contributed by atoms with E-state index >= 15 is 0 Å². The second kappa shape index (κ2) is 6.46. The summed E-state index contributed by atoms with van der Waals surface area (Å²) in [4.78, 5) is 22.3. The van der Waals surface area contributed by atoms with Gasteiger partial charge in [-0.25, -0.2) is 0 Å². The molecule has 2 fully saturated rings. The Morgan fingerprint density at radius 2 is 1.63 bits per heavy atom. The number of hydrogen-bond acceptors (Lipinski definition) is 4. The van der Waals surface area contributed by atoms with Crippen molar-refractivity contribution in [3.8, 4) is 0 Å². The zero-order chi connectivity index (χ0) is 14.7. The highest BCUT2D eigenvalue weighted by atomic mass is 79.9. The molecule has 1 atom stereocenters. The van der Waals surface area contributed by atoms with Crippen LogP contribution in [-0.2, 0) is 19.1 Å². The molecule has 0 aromatic carbocycles. The van der Waals surface area contributed by atoms with E-state index in [0.29, 0.717) is 38.6 Å². The molecule has 2 aliphatic heterocycles. The maximum atomic E-state index is 11.3. The number of hydrogen-bond donors (Lipinski definition) is 0. The third-order valence-corrected chi connectivity index (χ3v) is 4.05. The maximum absolute atomic E-state index is 11.3. The Morgan fingerprint density at radius 1 is 1.05 bits per heavy atom. The fourth-order valence-corrected chi connectivity index (χ4v) is 2.71. The molecule has 0 N–H and O–H groups in total. The molecule has 4 nitrogen and oxygen atoms in total. The van der Waals surface area contributed by atoms with E-state index in [4.69, 9.17) is 9.47 Å². The smallest absolute Gasteiger partial charge is 0.156 e. The van der Waals surface area contributed by atoms with Gasteiger partial charge in [0.15, 0.2) is 5.78 Å². The van der Waals surface area contributed by atoms with E-state index in [1.54, 1.807) is 0 Å². The van der Waals surface area contributed by atoms with E-state index in [9.17, 15) is 9.59 Å². The summed E-state index contributed by atoms with van der Waals surface area (Å²) in [5.41, 5.74) is -0.523. The Bertz CT molecular complexity index is 349. The van der Waals surface area contributed by atoms with Crippen LogP contribution < -0.4 is 0 Å². The predicted molar refractivity (Wildman–Crippen MR) is 76.5 cm³/mol. The number of alkyl halides is 1. The van der Waals surface area contributed by atoms with Crippen molar-refractivity contribution in [1.29, 1.82) is 0 Å². The largest absolute Gasteiger partial charge is 0.380 e. The van der Waals surface area contributed by atoms with Gasteiger partial charge < -0.3 is 9.47 Å². The van der Waals surface area contributed by atoms with Gasteiger partial charge in [-0.15, -0.1) is 0 Å². The zero-order valence-corrected chi connectivity index (χ0v) is 13.7. The van der Waals surface area contributed by atoms with Crippen LogP contribution in [0.1, 0.15) is 34.1 Å². The number of halogens is 1. The van der Waals surface area contributed by atoms with Crippen molar-refractivity contribution in [1.82, 2.24) is 0 Å². The minimum Gasteiger partial charge on any atom is -0.380 e. The highest BCUT2D eigenvalue weighted by Crippen LogP contribution is 2.26. The first-order valence-corrected chi connectivity index (χ1v) is 7.45. The summed E-state index contributed by atoms with van der Waals surface area (Å²) in [7, 11) is 0. The average Bonchev–Trinajstić information content (AvgIpc) is 2.31. The second-order valence-corrected chi connectivity index (χ2v) is 7.45. The van der Waals surface area contributed by atoms with Crippen LogP contribution in [0.4, 0.5) is 0 Å². The van der Waals surface area contributed by atoms with Gasteiger partial charge in [0.2, 0.25) is 0 Å². The number of ether oxygens (including phenoxy) is 2. The fraction of sp³-hybridized carbons (Fsp3) is 0.857. The summed E-state index contributed by atoms with van der Waals surface area (Å²) in [6.45, 7) is 9.93. The van der Waals surface area contributed by atoms with Gasteiger partial charge in [-0.3, -0.25) is 9.59 Å². The Balaban J connectivity index is 0.000000191. The molecule has 1 unspecified atom stereocenters. The first kappa shape index (κ1) is 16.8. The molecule has 0 radical (unpaired) electrons. The summed E-state index contributed by atoms with van der Waals surface area (Å²) in [5.74, 6) is 0.576. The molecule has 2 saturated heterocycles. The zero-order valence-electron chi connectivity index (χ0n) is 12.1. The minimum absolute atomic E-state index is 0.101. The minimum atomic E-state index is -0.299. The first-order valence-electron chi connectivity index (χ1n) is 6.54. The van der Waals surface area contributed by atoms with Crippen molar-refractivity contribution < 1.29 is 19.1 Å². The van der Waals surface area contributed by atoms with Gasteiger partial charge in [0, 0.05) is 17.3 Å². The van der Waals surface area contributed by atoms with Gasteiger partial charge in [0.05, 0.1) is 31.3 Å². The van der Waals surface area contributed by atoms with E-state index in [1.165, 1.54) is 0 Å². The lowest BCUT2D eigenvalue weighted by Crippen LogP contribution is -2.42. The maximum Gasteiger partial charge on any atom is 0.156 e. The number of ketones is 2. The van der Waals surface area contributed by atoms with Gasteiger partial charge in [0.25, 0.3) is 0 Å². The molecule has 0 bridgehead atoms. The topological polar surface area (TPSA) is 52.6 Å². The van der Waals surface area contributed by atoms with Crippen LogP contribution in [0.25, 0.3) is 0 Å². The van der Waals surface area contributed by atoms with Crippen molar-refractivity contribution in [2.45, 2.75) is 38.9 Å². The molecule has 0 aromatic heterocycles. The van der Waals surface area contributed by atoms with E-state index in [-0.39, 0.29) is 21.4 Å². The van der Waals surface area contributed by atoms with Crippen LogP contribution in [0.15, 0.2) is 0 Å². The van der Waals surface area contributed by atoms with Crippen molar-refractivity contribution in [3.63, 3.8) is 0 Å². The highest BCUT2D eigenvalue weighted by molar-refractivity contribution is 9.10. The molecule has 0 amide bonds. The molecule has 110 valence electrons. The summed E-state index contributed by atoms with van der Waals surface area (Å²) in [6, 6.07) is 0. The average molecular weight is 335 g/mol. The van der Waals surface area contributed by atoms with E-state index < -0.39 is 0 Å². The highest BCUT2D eigenvalue weighted by Gasteiger charge is 2.36. The van der Waals surface area contributed by atoms with Gasteiger partial charge in [0.1, 0.15) is 5.78 Å². The molecule has 2 rings (SSSR count). The Morgan fingerprint density at radius 3 is 2.00 bits per heavy atom. The number of Topliss-reactive ketones (excluding diaryl/α,β-unsaturated/α-hetero) is 2. The molecule has 0 aliphatic carbocycles. The summed E-state index contributed by atoms with van der Waals surface area (Å²) in [6.07, 6.45) is 0.590. The molecule has 2 aliphatic rings. The number of rotatable bonds is 0. The van der Waals surface area contributed by atoms with Crippen molar-refractivity contribution in [2.75, 3.05) is 26.4 Å². The summed E-state index contributed by atoms with van der Waals surface area (Å²) < 4.78 is 10.3. The van der Waals surface area contributed by atoms with Crippen LogP contribution in [0, 0.1) is 10.8 Å². The Hall–Kier alpha value is -0.260. The van der Waals surface area contributed by atoms with Crippen LogP contribution in [0.3, 0.4) is 0 Å². The van der Waals surface area contributed by atoms with E-state index in [1.807, 2.05) is 27.7 Å². The summed E-state index contributed by atoms with van der Waals surface area (Å²) in [5, 5.41) is 0. The van der Waals surface area contributed by atoms with Gasteiger partial charge >= 0.3 is 0 Å². The van der Waals surface area contributed by atoms with Crippen molar-refractivity contribution in [2.24, 2.45) is 10.8 Å². The lowest BCUT2D eigenvalue weighted by Gasteiger charge is -2.30. The lowest BCUT2D eigenvalue weighted by atomic mass is 9.86. The second-order valence-electron chi connectivity index (χ2n) is 6.34. The third-order valence-electron chi connectivity index (χ3n) is 3.37.